The van der Waals surface area contributed by atoms with E-state index in [9.17, 15) is 24.3 Å². The third-order valence-electron chi connectivity index (χ3n) is 5.04. The van der Waals surface area contributed by atoms with E-state index in [2.05, 4.69) is 15.6 Å². The lowest BCUT2D eigenvalue weighted by atomic mass is 10.0. The normalized spacial score (nSPS) is 16.4. The first-order valence-electron chi connectivity index (χ1n) is 9.79. The van der Waals surface area contributed by atoms with Crippen LogP contribution < -0.4 is 10.6 Å². The molecule has 0 aliphatic carbocycles. The Labute approximate surface area is 191 Å². The van der Waals surface area contributed by atoms with Crippen LogP contribution in [0.3, 0.4) is 0 Å². The summed E-state index contributed by atoms with van der Waals surface area (Å²) < 4.78 is 0. The van der Waals surface area contributed by atoms with E-state index in [0.717, 1.165) is 16.2 Å². The van der Waals surface area contributed by atoms with Crippen LogP contribution in [0.25, 0.3) is 0 Å². The van der Waals surface area contributed by atoms with E-state index in [0.29, 0.717) is 11.1 Å². The van der Waals surface area contributed by atoms with Crippen molar-refractivity contribution in [2.24, 2.45) is 0 Å². The molecular weight excluding hydrogens is 448 g/mol. The number of carbonyl (C=O) groups is 4. The van der Waals surface area contributed by atoms with Crippen LogP contribution in [-0.4, -0.2) is 50.0 Å². The molecule has 4 amide bonds. The number of hydrogen-bond donors (Lipinski definition) is 4. The molecular formula is C22H18N4O6S. The Morgan fingerprint density at radius 2 is 1.82 bits per heavy atom. The van der Waals surface area contributed by atoms with Gasteiger partial charge in [-0.15, -0.1) is 11.3 Å². The molecule has 1 aliphatic rings. The third kappa shape index (κ3) is 4.67. The highest BCUT2D eigenvalue weighted by Crippen LogP contribution is 2.26. The summed E-state index contributed by atoms with van der Waals surface area (Å²) in [5.74, 6) is -2.50. The number of aromatic carboxylic acids is 1. The average Bonchev–Trinajstić information content (AvgIpc) is 3.38. The van der Waals surface area contributed by atoms with Crippen molar-refractivity contribution in [2.75, 3.05) is 5.32 Å². The number of hydrogen-bond acceptors (Lipinski definition) is 7. The molecule has 3 aromatic rings. The molecule has 11 heteroatoms. The number of amides is 4. The number of phenolic OH excluding ortho intramolecular Hbond substituents is 1. The van der Waals surface area contributed by atoms with Gasteiger partial charge in [-0.2, -0.15) is 0 Å². The standard InChI is InChI=1S/C22H18N4O6S/c27-14-8-6-12(7-9-14)10-16(18(28)25-21-23-15(11-33-21)20(30)31)26-19(29)17(24-22(26)32)13-4-2-1-3-5-13/h1-9,11,16-17,27H,10H2,(H,24,32)(H,30,31)(H,23,25,28)/t16-,17+/m1/s1. The number of phenols is 1. The van der Waals surface area contributed by atoms with Crippen molar-refractivity contribution in [3.63, 3.8) is 0 Å². The largest absolute Gasteiger partial charge is 0.508 e. The third-order valence-corrected chi connectivity index (χ3v) is 5.79. The molecule has 2 atom stereocenters. The number of rotatable bonds is 7. The molecule has 4 N–H and O–H groups in total. The minimum absolute atomic E-state index is 0.0239. The average molecular weight is 466 g/mol. The summed E-state index contributed by atoms with van der Waals surface area (Å²) in [4.78, 5) is 54.9. The molecule has 0 unspecified atom stereocenters. The molecule has 1 saturated heterocycles. The summed E-state index contributed by atoms with van der Waals surface area (Å²) in [6.45, 7) is 0. The molecule has 0 bridgehead atoms. The molecule has 1 aromatic heterocycles. The first-order chi connectivity index (χ1) is 15.8. The quantitative estimate of drug-likeness (QED) is 0.391. The summed E-state index contributed by atoms with van der Waals surface area (Å²) >= 11 is 0.912. The number of benzene rings is 2. The van der Waals surface area contributed by atoms with Crippen molar-refractivity contribution < 1.29 is 29.4 Å². The fourth-order valence-corrected chi connectivity index (χ4v) is 4.12. The number of urea groups is 1. The van der Waals surface area contributed by atoms with Crippen LogP contribution in [0.15, 0.2) is 60.0 Å². The van der Waals surface area contributed by atoms with Gasteiger partial charge in [-0.05, 0) is 23.3 Å². The Morgan fingerprint density at radius 3 is 2.45 bits per heavy atom. The lowest BCUT2D eigenvalue weighted by Crippen LogP contribution is -2.49. The molecule has 2 heterocycles. The van der Waals surface area contributed by atoms with Gasteiger partial charge in [0.15, 0.2) is 10.8 Å². The van der Waals surface area contributed by atoms with Crippen molar-refractivity contribution in [1.29, 1.82) is 0 Å². The van der Waals surface area contributed by atoms with Crippen molar-refractivity contribution in [1.82, 2.24) is 15.2 Å². The number of carboxylic acids is 1. The highest BCUT2D eigenvalue weighted by molar-refractivity contribution is 7.14. The summed E-state index contributed by atoms with van der Waals surface area (Å²) in [6, 6.07) is 11.8. The highest BCUT2D eigenvalue weighted by Gasteiger charge is 2.45. The fraction of sp³-hybridized carbons (Fsp3) is 0.136. The molecule has 1 fully saturated rings. The SMILES string of the molecule is O=C(O)c1csc(NC(=O)[C@@H](Cc2ccc(O)cc2)N2C(=O)N[C@@H](c3ccccc3)C2=O)n1. The summed E-state index contributed by atoms with van der Waals surface area (Å²) in [7, 11) is 0. The van der Waals surface area contributed by atoms with Gasteiger partial charge < -0.3 is 20.8 Å². The number of carbonyl (C=O) groups excluding carboxylic acids is 3. The minimum atomic E-state index is -1.24. The highest BCUT2D eigenvalue weighted by atomic mass is 32.1. The van der Waals surface area contributed by atoms with Crippen LogP contribution in [0.5, 0.6) is 5.75 Å². The Balaban J connectivity index is 1.63. The van der Waals surface area contributed by atoms with Gasteiger partial charge in [0.05, 0.1) is 0 Å². The number of imide groups is 1. The molecule has 10 nitrogen and oxygen atoms in total. The van der Waals surface area contributed by atoms with Crippen LogP contribution in [0.2, 0.25) is 0 Å². The predicted octanol–water partition coefficient (Wildman–Crippen LogP) is 2.39. The van der Waals surface area contributed by atoms with Crippen LogP contribution in [0.1, 0.15) is 27.7 Å². The summed E-state index contributed by atoms with van der Waals surface area (Å²) in [6.07, 6.45) is -0.0239. The van der Waals surface area contributed by atoms with Gasteiger partial charge in [-0.25, -0.2) is 19.5 Å². The molecule has 4 rings (SSSR count). The lowest BCUT2D eigenvalue weighted by Gasteiger charge is -2.24. The summed E-state index contributed by atoms with van der Waals surface area (Å²) in [5, 5.41) is 25.0. The first kappa shape index (κ1) is 22.0. The maximum Gasteiger partial charge on any atom is 0.355 e. The van der Waals surface area contributed by atoms with Gasteiger partial charge in [0.1, 0.15) is 17.8 Å². The topological polar surface area (TPSA) is 149 Å². The van der Waals surface area contributed by atoms with E-state index in [4.69, 9.17) is 5.11 Å². The zero-order valence-electron chi connectivity index (χ0n) is 17.0. The van der Waals surface area contributed by atoms with Gasteiger partial charge in [0.25, 0.3) is 5.91 Å². The molecule has 0 spiro atoms. The number of anilines is 1. The van der Waals surface area contributed by atoms with Gasteiger partial charge >= 0.3 is 12.0 Å². The van der Waals surface area contributed by atoms with Crippen LogP contribution >= 0.6 is 11.3 Å². The van der Waals surface area contributed by atoms with E-state index >= 15 is 0 Å². The van der Waals surface area contributed by atoms with Gasteiger partial charge in [0.2, 0.25) is 5.91 Å². The fourth-order valence-electron chi connectivity index (χ4n) is 3.44. The zero-order valence-corrected chi connectivity index (χ0v) is 17.8. The molecule has 0 saturated carbocycles. The first-order valence-corrected chi connectivity index (χ1v) is 10.7. The molecule has 0 radical (unpaired) electrons. The molecule has 2 aromatic carbocycles. The van der Waals surface area contributed by atoms with E-state index in [1.54, 1.807) is 42.5 Å². The smallest absolute Gasteiger partial charge is 0.355 e. The Hall–Kier alpha value is -4.25. The Kier molecular flexibility index (Phi) is 6.05. The van der Waals surface area contributed by atoms with Crippen molar-refractivity contribution in [3.05, 3.63) is 76.8 Å². The van der Waals surface area contributed by atoms with E-state index < -0.39 is 35.9 Å². The number of carboxylic acid groups (broad SMARTS) is 1. The van der Waals surface area contributed by atoms with Gasteiger partial charge in [-0.3, -0.25) is 9.59 Å². The number of thiazole rings is 1. The predicted molar refractivity (Wildman–Crippen MR) is 118 cm³/mol. The van der Waals surface area contributed by atoms with Gasteiger partial charge in [0, 0.05) is 11.8 Å². The molecule has 33 heavy (non-hydrogen) atoms. The lowest BCUT2D eigenvalue weighted by molar-refractivity contribution is -0.134. The zero-order chi connectivity index (χ0) is 23.5. The van der Waals surface area contributed by atoms with Crippen molar-refractivity contribution in [2.45, 2.75) is 18.5 Å². The second-order valence-corrected chi connectivity index (χ2v) is 8.08. The maximum absolute atomic E-state index is 13.2. The number of aromatic hydroxyl groups is 1. The second-order valence-electron chi connectivity index (χ2n) is 7.22. The Bertz CT molecular complexity index is 1210. The number of aromatic nitrogens is 1. The summed E-state index contributed by atoms with van der Waals surface area (Å²) in [5.41, 5.74) is 0.944. The van der Waals surface area contributed by atoms with E-state index in [-0.39, 0.29) is 23.0 Å². The van der Waals surface area contributed by atoms with Gasteiger partial charge in [-0.1, -0.05) is 42.5 Å². The minimum Gasteiger partial charge on any atom is -0.508 e. The van der Waals surface area contributed by atoms with Crippen LogP contribution in [0.4, 0.5) is 9.93 Å². The van der Waals surface area contributed by atoms with Crippen LogP contribution in [-0.2, 0) is 16.0 Å². The molecule has 1 aliphatic heterocycles. The van der Waals surface area contributed by atoms with E-state index in [1.807, 2.05) is 0 Å². The monoisotopic (exact) mass is 466 g/mol. The van der Waals surface area contributed by atoms with Crippen molar-refractivity contribution >= 4 is 40.3 Å². The Morgan fingerprint density at radius 1 is 1.12 bits per heavy atom. The number of nitrogens with zero attached hydrogens (tertiary/aromatic N) is 2. The number of nitrogens with one attached hydrogen (secondary N) is 2. The van der Waals surface area contributed by atoms with Crippen LogP contribution in [0, 0.1) is 0 Å². The maximum atomic E-state index is 13.2. The second kappa shape index (κ2) is 9.09. The van der Waals surface area contributed by atoms with E-state index in [1.165, 1.54) is 17.5 Å². The molecule has 168 valence electrons. The van der Waals surface area contributed by atoms with Crippen molar-refractivity contribution in [3.8, 4) is 5.75 Å².